The van der Waals surface area contributed by atoms with E-state index in [4.69, 9.17) is 11.6 Å². The summed E-state index contributed by atoms with van der Waals surface area (Å²) >= 11 is 5.98. The fourth-order valence-corrected chi connectivity index (χ4v) is 1.98. The van der Waals surface area contributed by atoms with Gasteiger partial charge >= 0.3 is 0 Å². The lowest BCUT2D eigenvalue weighted by Gasteiger charge is -2.23. The molecule has 0 aromatic carbocycles. The summed E-state index contributed by atoms with van der Waals surface area (Å²) in [6.45, 7) is 3.97. The van der Waals surface area contributed by atoms with Crippen molar-refractivity contribution in [2.45, 2.75) is 26.2 Å². The number of anilines is 1. The zero-order valence-corrected chi connectivity index (χ0v) is 10.1. The van der Waals surface area contributed by atoms with Gasteiger partial charge in [-0.1, -0.05) is 18.5 Å². The van der Waals surface area contributed by atoms with Gasteiger partial charge < -0.3 is 9.88 Å². The number of nitrogens with one attached hydrogen (secondary N) is 1. The summed E-state index contributed by atoms with van der Waals surface area (Å²) < 4.78 is 0. The van der Waals surface area contributed by atoms with Crippen LogP contribution in [0.2, 0.25) is 5.02 Å². The van der Waals surface area contributed by atoms with Crippen molar-refractivity contribution >= 4 is 17.4 Å². The van der Waals surface area contributed by atoms with Gasteiger partial charge in [0.1, 0.15) is 5.02 Å². The molecule has 1 aromatic heterocycles. The van der Waals surface area contributed by atoms with Gasteiger partial charge in [-0.2, -0.15) is 0 Å². The molecule has 0 amide bonds. The van der Waals surface area contributed by atoms with Gasteiger partial charge in [-0.05, 0) is 25.2 Å². The zero-order valence-electron chi connectivity index (χ0n) is 9.37. The van der Waals surface area contributed by atoms with Gasteiger partial charge in [-0.3, -0.25) is 4.79 Å². The summed E-state index contributed by atoms with van der Waals surface area (Å²) in [6, 6.07) is 0. The normalized spacial score (nSPS) is 15.1. The first-order valence-corrected chi connectivity index (χ1v) is 6.08. The highest BCUT2D eigenvalue weighted by molar-refractivity contribution is 6.32. The lowest BCUT2D eigenvalue weighted by Crippen LogP contribution is -2.29. The standard InChI is InChI=1S/C11H16ClN3O/c1-2-5-15(6-8-3-4-8)10-9(12)11(16)14-7-13-10/h7-8H,2-6H2,1H3,(H,13,14,16). The Morgan fingerprint density at radius 2 is 2.38 bits per heavy atom. The fraction of sp³-hybridized carbons (Fsp3) is 0.636. The van der Waals surface area contributed by atoms with Gasteiger partial charge in [0.25, 0.3) is 5.56 Å². The Morgan fingerprint density at radius 3 is 3.00 bits per heavy atom. The van der Waals surface area contributed by atoms with Crippen LogP contribution >= 0.6 is 11.6 Å². The van der Waals surface area contributed by atoms with Crippen LogP contribution in [-0.4, -0.2) is 23.1 Å². The highest BCUT2D eigenvalue weighted by Crippen LogP contribution is 2.32. The van der Waals surface area contributed by atoms with E-state index in [0.717, 1.165) is 25.4 Å². The minimum Gasteiger partial charge on any atom is -0.355 e. The van der Waals surface area contributed by atoms with Gasteiger partial charge in [-0.15, -0.1) is 0 Å². The van der Waals surface area contributed by atoms with Crippen molar-refractivity contribution in [3.8, 4) is 0 Å². The van der Waals surface area contributed by atoms with Crippen LogP contribution < -0.4 is 10.5 Å². The van der Waals surface area contributed by atoms with Crippen molar-refractivity contribution < 1.29 is 0 Å². The van der Waals surface area contributed by atoms with E-state index in [2.05, 4.69) is 21.8 Å². The maximum Gasteiger partial charge on any atom is 0.271 e. The third kappa shape index (κ3) is 2.55. The summed E-state index contributed by atoms with van der Waals surface area (Å²) in [5.74, 6) is 1.38. The maximum atomic E-state index is 11.4. The van der Waals surface area contributed by atoms with Gasteiger partial charge in [0.15, 0.2) is 5.82 Å². The summed E-state index contributed by atoms with van der Waals surface area (Å²) in [5.41, 5.74) is -0.261. The van der Waals surface area contributed by atoms with Crippen LogP contribution in [0, 0.1) is 5.92 Å². The predicted molar refractivity (Wildman–Crippen MR) is 65.1 cm³/mol. The number of hydrogen-bond acceptors (Lipinski definition) is 3. The Hall–Kier alpha value is -1.03. The van der Waals surface area contributed by atoms with Crippen LogP contribution in [0.25, 0.3) is 0 Å². The van der Waals surface area contributed by atoms with Gasteiger partial charge in [0, 0.05) is 13.1 Å². The molecule has 4 nitrogen and oxygen atoms in total. The number of H-pyrrole nitrogens is 1. The molecule has 0 atom stereocenters. The summed E-state index contributed by atoms with van der Waals surface area (Å²) in [7, 11) is 0. The molecular weight excluding hydrogens is 226 g/mol. The van der Waals surface area contributed by atoms with Crippen molar-refractivity contribution in [2.75, 3.05) is 18.0 Å². The third-order valence-electron chi connectivity index (χ3n) is 2.75. The molecule has 88 valence electrons. The molecule has 1 aliphatic carbocycles. The number of nitrogens with zero attached hydrogens (tertiary/aromatic N) is 2. The van der Waals surface area contributed by atoms with E-state index in [9.17, 15) is 4.79 Å². The van der Waals surface area contributed by atoms with Crippen molar-refractivity contribution in [1.29, 1.82) is 0 Å². The van der Waals surface area contributed by atoms with Crippen molar-refractivity contribution in [1.82, 2.24) is 9.97 Å². The number of rotatable bonds is 5. The number of aromatic nitrogens is 2. The van der Waals surface area contributed by atoms with Crippen LogP contribution in [0.15, 0.2) is 11.1 Å². The largest absolute Gasteiger partial charge is 0.355 e. The first-order valence-electron chi connectivity index (χ1n) is 5.70. The molecule has 1 N–H and O–H groups in total. The summed E-state index contributed by atoms with van der Waals surface area (Å²) in [6.07, 6.45) is 5.00. The predicted octanol–water partition coefficient (Wildman–Crippen LogP) is 2.05. The van der Waals surface area contributed by atoms with Crippen LogP contribution in [0.1, 0.15) is 26.2 Å². The first kappa shape index (κ1) is 11.5. The molecule has 5 heteroatoms. The average Bonchev–Trinajstić information content (AvgIpc) is 3.06. The van der Waals surface area contributed by atoms with E-state index >= 15 is 0 Å². The molecule has 0 spiro atoms. The second-order valence-electron chi connectivity index (χ2n) is 4.26. The molecule has 1 aromatic rings. The molecule has 1 heterocycles. The maximum absolute atomic E-state index is 11.4. The van der Waals surface area contributed by atoms with E-state index in [0.29, 0.717) is 5.82 Å². The van der Waals surface area contributed by atoms with E-state index in [-0.39, 0.29) is 10.6 Å². The topological polar surface area (TPSA) is 49.0 Å². The second kappa shape index (κ2) is 4.87. The van der Waals surface area contributed by atoms with Gasteiger partial charge in [0.2, 0.25) is 0 Å². The summed E-state index contributed by atoms with van der Waals surface area (Å²) in [4.78, 5) is 20.2. The van der Waals surface area contributed by atoms with E-state index < -0.39 is 0 Å². The number of aromatic amines is 1. The molecule has 1 saturated carbocycles. The minimum absolute atomic E-state index is 0.205. The second-order valence-corrected chi connectivity index (χ2v) is 4.64. The Labute approximate surface area is 99.6 Å². The molecule has 1 aliphatic rings. The lowest BCUT2D eigenvalue weighted by molar-refractivity contribution is 0.697. The lowest BCUT2D eigenvalue weighted by atomic mass is 10.3. The third-order valence-corrected chi connectivity index (χ3v) is 3.09. The zero-order chi connectivity index (χ0) is 11.5. The first-order chi connectivity index (χ1) is 7.72. The molecule has 2 rings (SSSR count). The Kier molecular flexibility index (Phi) is 3.49. The highest BCUT2D eigenvalue weighted by Gasteiger charge is 2.25. The minimum atomic E-state index is -0.261. The molecule has 0 radical (unpaired) electrons. The molecule has 0 aliphatic heterocycles. The number of halogens is 1. The monoisotopic (exact) mass is 241 g/mol. The Balaban J connectivity index is 2.22. The average molecular weight is 242 g/mol. The highest BCUT2D eigenvalue weighted by atomic mass is 35.5. The van der Waals surface area contributed by atoms with Crippen molar-refractivity contribution in [3.63, 3.8) is 0 Å². The smallest absolute Gasteiger partial charge is 0.271 e. The van der Waals surface area contributed by atoms with Crippen molar-refractivity contribution in [2.24, 2.45) is 5.92 Å². The van der Waals surface area contributed by atoms with Crippen LogP contribution in [0.4, 0.5) is 5.82 Å². The SMILES string of the molecule is CCCN(CC1CC1)c1nc[nH]c(=O)c1Cl. The fourth-order valence-electron chi connectivity index (χ4n) is 1.76. The Bertz CT molecular complexity index is 414. The van der Waals surface area contributed by atoms with Crippen molar-refractivity contribution in [3.05, 3.63) is 21.7 Å². The van der Waals surface area contributed by atoms with Crippen LogP contribution in [-0.2, 0) is 0 Å². The van der Waals surface area contributed by atoms with Gasteiger partial charge in [0.05, 0.1) is 6.33 Å². The van der Waals surface area contributed by atoms with Gasteiger partial charge in [-0.25, -0.2) is 4.98 Å². The Morgan fingerprint density at radius 1 is 1.62 bits per heavy atom. The van der Waals surface area contributed by atoms with E-state index in [1.165, 1.54) is 19.2 Å². The number of hydrogen-bond donors (Lipinski definition) is 1. The van der Waals surface area contributed by atoms with Crippen LogP contribution in [0.5, 0.6) is 0 Å². The van der Waals surface area contributed by atoms with Crippen LogP contribution in [0.3, 0.4) is 0 Å². The summed E-state index contributed by atoms with van der Waals surface area (Å²) in [5, 5.41) is 0.205. The van der Waals surface area contributed by atoms with E-state index in [1.54, 1.807) is 0 Å². The molecule has 16 heavy (non-hydrogen) atoms. The molecule has 1 fully saturated rings. The quantitative estimate of drug-likeness (QED) is 0.859. The molecule has 0 unspecified atom stereocenters. The molecular formula is C11H16ClN3O. The molecule has 0 bridgehead atoms. The van der Waals surface area contributed by atoms with E-state index in [1.807, 2.05) is 0 Å². The molecule has 0 saturated heterocycles.